The SMILES string of the molecule is C/C=C\N=C(C)CCC1CC(c2ccc3c(c2)OCO3)CN1CC=O.CC.CCCCN(C)CCCN(C)C. The summed E-state index contributed by atoms with van der Waals surface area (Å²) >= 11 is 0. The first-order chi connectivity index (χ1) is 18.9. The van der Waals surface area contributed by atoms with Gasteiger partial charge in [-0.2, -0.15) is 0 Å². The fraction of sp³-hybridized carbons (Fsp3) is 0.688. The van der Waals surface area contributed by atoms with E-state index >= 15 is 0 Å². The predicted molar refractivity (Wildman–Crippen MR) is 165 cm³/mol. The Morgan fingerprint density at radius 2 is 1.82 bits per heavy atom. The van der Waals surface area contributed by atoms with Gasteiger partial charge in [0.2, 0.25) is 6.79 Å². The van der Waals surface area contributed by atoms with E-state index < -0.39 is 0 Å². The zero-order valence-corrected chi connectivity index (χ0v) is 26.1. The van der Waals surface area contributed by atoms with Crippen LogP contribution in [0, 0.1) is 0 Å². The number of hydrogen-bond donors (Lipinski definition) is 0. The van der Waals surface area contributed by atoms with Crippen LogP contribution in [0.5, 0.6) is 11.5 Å². The minimum Gasteiger partial charge on any atom is -0.454 e. The quantitative estimate of drug-likeness (QED) is 0.204. The number of unbranched alkanes of at least 4 members (excludes halogenated alkanes) is 1. The first-order valence-corrected chi connectivity index (χ1v) is 14.9. The third-order valence-electron chi connectivity index (χ3n) is 7.03. The third kappa shape index (κ3) is 13.6. The van der Waals surface area contributed by atoms with Crippen LogP contribution in [-0.2, 0) is 4.79 Å². The molecule has 1 fully saturated rings. The average molecular weight is 545 g/mol. The number of likely N-dealkylation sites (tertiary alicyclic amines) is 1. The summed E-state index contributed by atoms with van der Waals surface area (Å²) in [6.07, 6.45) is 11.7. The topological polar surface area (TPSA) is 57.6 Å². The minimum absolute atomic E-state index is 0.300. The molecule has 2 aliphatic rings. The lowest BCUT2D eigenvalue weighted by molar-refractivity contribution is -0.109. The summed E-state index contributed by atoms with van der Waals surface area (Å²) in [5, 5.41) is 0. The monoisotopic (exact) mass is 544 g/mol. The standard InChI is InChI=1S/C20H26N2O3.C10H24N2.C2H6/c1-3-8-21-15(2)4-6-18-11-17(13-22(18)9-10-23)16-5-7-19-20(12-16)25-14-24-19;1-5-6-9-12(4)10-7-8-11(2)3;1-2/h3,5,7-8,10,12,17-18H,4,6,9,11,13-14H2,1-2H3;5-10H2,1-4H3;1-2H3/b8-3-,21-15?;;. The molecule has 2 aliphatic heterocycles. The van der Waals surface area contributed by atoms with E-state index in [1.54, 1.807) is 0 Å². The van der Waals surface area contributed by atoms with E-state index in [9.17, 15) is 4.79 Å². The highest BCUT2D eigenvalue weighted by molar-refractivity contribution is 5.82. The van der Waals surface area contributed by atoms with Gasteiger partial charge in [0.25, 0.3) is 0 Å². The van der Waals surface area contributed by atoms with Gasteiger partial charge in [0.05, 0.1) is 6.54 Å². The number of fused-ring (bicyclic) bond motifs is 1. The smallest absolute Gasteiger partial charge is 0.231 e. The highest BCUT2D eigenvalue weighted by Crippen LogP contribution is 2.39. The van der Waals surface area contributed by atoms with Gasteiger partial charge in [-0.05, 0) is 110 Å². The molecule has 0 N–H and O–H groups in total. The zero-order valence-electron chi connectivity index (χ0n) is 26.1. The Bertz CT molecular complexity index is 856. The minimum atomic E-state index is 0.300. The lowest BCUT2D eigenvalue weighted by Gasteiger charge is -2.21. The van der Waals surface area contributed by atoms with Gasteiger partial charge in [-0.3, -0.25) is 9.89 Å². The molecule has 1 aromatic rings. The maximum Gasteiger partial charge on any atom is 0.231 e. The number of nitrogens with zero attached hydrogens (tertiary/aromatic N) is 4. The molecule has 0 bridgehead atoms. The van der Waals surface area contributed by atoms with Crippen LogP contribution >= 0.6 is 0 Å². The van der Waals surface area contributed by atoms with E-state index in [1.165, 1.54) is 44.5 Å². The highest BCUT2D eigenvalue weighted by Gasteiger charge is 2.33. The van der Waals surface area contributed by atoms with Crippen LogP contribution in [0.25, 0.3) is 0 Å². The Labute approximate surface area is 239 Å². The van der Waals surface area contributed by atoms with Crippen LogP contribution in [-0.4, -0.2) is 93.4 Å². The van der Waals surface area contributed by atoms with Gasteiger partial charge in [-0.1, -0.05) is 39.3 Å². The van der Waals surface area contributed by atoms with Crippen molar-refractivity contribution in [3.63, 3.8) is 0 Å². The van der Waals surface area contributed by atoms with Crippen LogP contribution in [0.4, 0.5) is 0 Å². The van der Waals surface area contributed by atoms with E-state index in [2.05, 4.69) is 66.8 Å². The molecule has 1 saturated heterocycles. The van der Waals surface area contributed by atoms with Crippen LogP contribution in [0.2, 0.25) is 0 Å². The second kappa shape index (κ2) is 20.7. The van der Waals surface area contributed by atoms with Gasteiger partial charge < -0.3 is 24.1 Å². The van der Waals surface area contributed by atoms with Crippen molar-refractivity contribution in [2.75, 3.05) is 60.7 Å². The van der Waals surface area contributed by atoms with Crippen molar-refractivity contribution >= 4 is 12.0 Å². The van der Waals surface area contributed by atoms with E-state index in [-0.39, 0.29) is 0 Å². The van der Waals surface area contributed by atoms with Gasteiger partial charge in [0.15, 0.2) is 11.5 Å². The molecule has 39 heavy (non-hydrogen) atoms. The van der Waals surface area contributed by atoms with Gasteiger partial charge in [0, 0.05) is 24.5 Å². The van der Waals surface area contributed by atoms with Crippen LogP contribution < -0.4 is 9.47 Å². The van der Waals surface area contributed by atoms with Crippen molar-refractivity contribution in [2.24, 2.45) is 4.99 Å². The number of hydrogen-bond acceptors (Lipinski definition) is 7. The number of rotatable bonds is 14. The van der Waals surface area contributed by atoms with Crippen molar-refractivity contribution in [3.8, 4) is 11.5 Å². The van der Waals surface area contributed by atoms with Gasteiger partial charge in [-0.15, -0.1) is 0 Å². The first kappa shape index (κ1) is 34.8. The van der Waals surface area contributed by atoms with Crippen molar-refractivity contribution in [3.05, 3.63) is 36.0 Å². The normalized spacial score (nSPS) is 18.8. The molecule has 3 rings (SSSR count). The lowest BCUT2D eigenvalue weighted by Crippen LogP contribution is -2.31. The second-order valence-electron chi connectivity index (χ2n) is 10.5. The molecule has 0 radical (unpaired) electrons. The third-order valence-corrected chi connectivity index (χ3v) is 7.03. The number of benzene rings is 1. The van der Waals surface area contributed by atoms with Crippen LogP contribution in [0.1, 0.15) is 84.6 Å². The zero-order chi connectivity index (χ0) is 29.0. The summed E-state index contributed by atoms with van der Waals surface area (Å²) in [6, 6.07) is 6.62. The number of aldehydes is 1. The van der Waals surface area contributed by atoms with Crippen LogP contribution in [0.3, 0.4) is 0 Å². The summed E-state index contributed by atoms with van der Waals surface area (Å²) in [6.45, 7) is 15.7. The van der Waals surface area contributed by atoms with Crippen molar-refractivity contribution < 1.29 is 14.3 Å². The Kier molecular flexibility index (Phi) is 18.4. The van der Waals surface area contributed by atoms with Crippen molar-refractivity contribution in [1.82, 2.24) is 14.7 Å². The Morgan fingerprint density at radius 3 is 2.49 bits per heavy atom. The summed E-state index contributed by atoms with van der Waals surface area (Å²) in [4.78, 5) is 22.4. The Balaban J connectivity index is 0.000000461. The van der Waals surface area contributed by atoms with E-state index in [1.807, 2.05) is 39.1 Å². The van der Waals surface area contributed by atoms with Gasteiger partial charge in [-0.25, -0.2) is 0 Å². The number of carbonyl (C=O) groups is 1. The molecule has 0 aliphatic carbocycles. The average Bonchev–Trinajstić information content (AvgIpc) is 3.57. The summed E-state index contributed by atoms with van der Waals surface area (Å²) in [5.74, 6) is 2.07. The molecule has 0 spiro atoms. The van der Waals surface area contributed by atoms with Gasteiger partial charge in [0.1, 0.15) is 6.29 Å². The predicted octanol–water partition coefficient (Wildman–Crippen LogP) is 6.24. The lowest BCUT2D eigenvalue weighted by atomic mass is 9.94. The van der Waals surface area contributed by atoms with Gasteiger partial charge >= 0.3 is 0 Å². The molecule has 0 saturated carbocycles. The fourth-order valence-electron chi connectivity index (χ4n) is 4.85. The molecule has 0 amide bonds. The summed E-state index contributed by atoms with van der Waals surface area (Å²) in [7, 11) is 6.48. The fourth-order valence-corrected chi connectivity index (χ4v) is 4.85. The molecule has 2 unspecified atom stereocenters. The largest absolute Gasteiger partial charge is 0.454 e. The molecule has 7 nitrogen and oxygen atoms in total. The number of allylic oxidation sites excluding steroid dienone is 1. The van der Waals surface area contributed by atoms with E-state index in [0.717, 1.165) is 49.3 Å². The van der Waals surface area contributed by atoms with Crippen molar-refractivity contribution in [1.29, 1.82) is 0 Å². The Morgan fingerprint density at radius 1 is 1.10 bits per heavy atom. The second-order valence-corrected chi connectivity index (χ2v) is 10.5. The Hall–Kier alpha value is -2.22. The molecular weight excluding hydrogens is 488 g/mol. The summed E-state index contributed by atoms with van der Waals surface area (Å²) < 4.78 is 10.9. The maximum absolute atomic E-state index is 11.1. The highest BCUT2D eigenvalue weighted by atomic mass is 16.7. The number of ether oxygens (including phenoxy) is 2. The first-order valence-electron chi connectivity index (χ1n) is 14.9. The summed E-state index contributed by atoms with van der Waals surface area (Å²) in [5.41, 5.74) is 2.40. The maximum atomic E-state index is 11.1. The van der Waals surface area contributed by atoms with E-state index in [4.69, 9.17) is 9.47 Å². The molecule has 2 atom stereocenters. The number of aliphatic imine (C=N–C) groups is 1. The molecule has 1 aromatic carbocycles. The molecular formula is C32H56N4O3. The molecule has 2 heterocycles. The van der Waals surface area contributed by atoms with Crippen molar-refractivity contribution in [2.45, 2.75) is 85.1 Å². The molecule has 7 heteroatoms. The van der Waals surface area contributed by atoms with E-state index in [0.29, 0.717) is 25.3 Å². The molecule has 0 aromatic heterocycles. The molecule has 222 valence electrons. The van der Waals surface area contributed by atoms with Crippen LogP contribution in [0.15, 0.2) is 35.5 Å². The number of carbonyl (C=O) groups excluding carboxylic acids is 1.